The van der Waals surface area contributed by atoms with Crippen LogP contribution < -0.4 is 5.56 Å². The summed E-state index contributed by atoms with van der Waals surface area (Å²) in [6, 6.07) is 2.15. The molecule has 0 radical (unpaired) electrons. The molecule has 1 atom stereocenters. The second-order valence-corrected chi connectivity index (χ2v) is 7.26. The summed E-state index contributed by atoms with van der Waals surface area (Å²) in [5.41, 5.74) is 4.25. The van der Waals surface area contributed by atoms with Gasteiger partial charge in [0.2, 0.25) is 0 Å². The van der Waals surface area contributed by atoms with Gasteiger partial charge in [-0.2, -0.15) is 5.10 Å². The lowest BCUT2D eigenvalue weighted by Gasteiger charge is -2.25. The third kappa shape index (κ3) is 3.63. The molecule has 25 heavy (non-hydrogen) atoms. The van der Waals surface area contributed by atoms with Gasteiger partial charge >= 0.3 is 0 Å². The standard InChI is InChI=1S/C19H25N5O/c1-14-10-21-16(11-20-14)12-23-8-4-6-17(23)13-24-19(25)9-15-5-2-3-7-18(15)22-24/h9-11,17H,2-8,12-13H2,1H3. The zero-order valence-corrected chi connectivity index (χ0v) is 14.8. The first-order valence-electron chi connectivity index (χ1n) is 9.30. The van der Waals surface area contributed by atoms with Crippen molar-refractivity contribution in [2.24, 2.45) is 0 Å². The lowest BCUT2D eigenvalue weighted by Crippen LogP contribution is -2.37. The quantitative estimate of drug-likeness (QED) is 0.851. The summed E-state index contributed by atoms with van der Waals surface area (Å²) < 4.78 is 1.69. The van der Waals surface area contributed by atoms with Crippen LogP contribution in [0.4, 0.5) is 0 Å². The Morgan fingerprint density at radius 2 is 2.04 bits per heavy atom. The highest BCUT2D eigenvalue weighted by Crippen LogP contribution is 2.21. The number of nitrogens with zero attached hydrogens (tertiary/aromatic N) is 5. The number of rotatable bonds is 4. The summed E-state index contributed by atoms with van der Waals surface area (Å²) in [5.74, 6) is 0. The molecule has 0 saturated carbocycles. The molecule has 1 unspecified atom stereocenters. The molecule has 4 rings (SSSR count). The fourth-order valence-corrected chi connectivity index (χ4v) is 3.95. The number of hydrogen-bond acceptors (Lipinski definition) is 5. The van der Waals surface area contributed by atoms with E-state index in [0.29, 0.717) is 12.6 Å². The van der Waals surface area contributed by atoms with E-state index in [0.717, 1.165) is 61.4 Å². The molecule has 0 N–H and O–H groups in total. The molecule has 132 valence electrons. The van der Waals surface area contributed by atoms with Gasteiger partial charge in [0.15, 0.2) is 0 Å². The average molecular weight is 339 g/mol. The zero-order chi connectivity index (χ0) is 17.2. The number of hydrogen-bond donors (Lipinski definition) is 0. The van der Waals surface area contributed by atoms with E-state index in [1.807, 2.05) is 25.4 Å². The first-order valence-corrected chi connectivity index (χ1v) is 9.30. The minimum Gasteiger partial charge on any atom is -0.293 e. The fourth-order valence-electron chi connectivity index (χ4n) is 3.95. The number of aromatic nitrogens is 4. The fraction of sp³-hybridized carbons (Fsp3) is 0.579. The van der Waals surface area contributed by atoms with Gasteiger partial charge in [0, 0.05) is 31.0 Å². The van der Waals surface area contributed by atoms with E-state index in [1.54, 1.807) is 4.68 Å². The first kappa shape index (κ1) is 16.4. The Kier molecular flexibility index (Phi) is 4.61. The van der Waals surface area contributed by atoms with Crippen LogP contribution in [0.5, 0.6) is 0 Å². The van der Waals surface area contributed by atoms with Crippen molar-refractivity contribution in [1.29, 1.82) is 0 Å². The van der Waals surface area contributed by atoms with Gasteiger partial charge < -0.3 is 0 Å². The molecular formula is C19H25N5O. The number of fused-ring (bicyclic) bond motifs is 1. The van der Waals surface area contributed by atoms with Gasteiger partial charge in [-0.25, -0.2) is 4.68 Å². The highest BCUT2D eigenvalue weighted by Gasteiger charge is 2.26. The summed E-state index contributed by atoms with van der Waals surface area (Å²) in [6.07, 6.45) is 10.3. The molecule has 0 spiro atoms. The monoisotopic (exact) mass is 339 g/mol. The van der Waals surface area contributed by atoms with Crippen LogP contribution in [0.2, 0.25) is 0 Å². The molecule has 6 heteroatoms. The van der Waals surface area contributed by atoms with Crippen LogP contribution in [0, 0.1) is 6.92 Å². The molecular weight excluding hydrogens is 314 g/mol. The van der Waals surface area contributed by atoms with Gasteiger partial charge in [-0.05, 0) is 57.6 Å². The van der Waals surface area contributed by atoms with Crippen LogP contribution in [-0.4, -0.2) is 37.2 Å². The number of likely N-dealkylation sites (tertiary alicyclic amines) is 1. The van der Waals surface area contributed by atoms with E-state index in [1.165, 1.54) is 12.8 Å². The van der Waals surface area contributed by atoms with Crippen LogP contribution >= 0.6 is 0 Å². The lowest BCUT2D eigenvalue weighted by molar-refractivity contribution is 0.213. The van der Waals surface area contributed by atoms with Gasteiger partial charge in [-0.15, -0.1) is 0 Å². The molecule has 2 aromatic heterocycles. The molecule has 2 aliphatic rings. The molecule has 1 aliphatic heterocycles. The molecule has 1 saturated heterocycles. The molecule has 2 aromatic rings. The van der Waals surface area contributed by atoms with Crippen molar-refractivity contribution in [3.8, 4) is 0 Å². The summed E-state index contributed by atoms with van der Waals surface area (Å²) in [7, 11) is 0. The predicted molar refractivity (Wildman–Crippen MR) is 95.3 cm³/mol. The molecule has 0 bridgehead atoms. The minimum atomic E-state index is 0.0441. The highest BCUT2D eigenvalue weighted by molar-refractivity contribution is 5.20. The molecule has 1 aliphatic carbocycles. The molecule has 1 fully saturated rings. The highest BCUT2D eigenvalue weighted by atomic mass is 16.1. The van der Waals surface area contributed by atoms with Crippen LogP contribution in [0.3, 0.4) is 0 Å². The van der Waals surface area contributed by atoms with E-state index in [2.05, 4.69) is 20.0 Å². The van der Waals surface area contributed by atoms with E-state index < -0.39 is 0 Å². The van der Waals surface area contributed by atoms with Crippen LogP contribution in [0.1, 0.15) is 48.3 Å². The molecule has 6 nitrogen and oxygen atoms in total. The molecule has 0 amide bonds. The Labute approximate surface area is 147 Å². The largest absolute Gasteiger partial charge is 0.293 e. The van der Waals surface area contributed by atoms with Crippen molar-refractivity contribution in [2.75, 3.05) is 6.54 Å². The van der Waals surface area contributed by atoms with Gasteiger partial charge in [-0.3, -0.25) is 19.7 Å². The smallest absolute Gasteiger partial charge is 0.267 e. The van der Waals surface area contributed by atoms with Crippen LogP contribution in [-0.2, 0) is 25.9 Å². The van der Waals surface area contributed by atoms with Crippen molar-refractivity contribution in [2.45, 2.75) is 64.6 Å². The lowest BCUT2D eigenvalue weighted by atomic mass is 9.97. The Hall–Kier alpha value is -2.08. The predicted octanol–water partition coefficient (Wildman–Crippen LogP) is 1.89. The van der Waals surface area contributed by atoms with Crippen molar-refractivity contribution in [3.63, 3.8) is 0 Å². The van der Waals surface area contributed by atoms with E-state index in [9.17, 15) is 4.79 Å². The summed E-state index contributed by atoms with van der Waals surface area (Å²) in [4.78, 5) is 23.7. The second kappa shape index (κ2) is 7.04. The topological polar surface area (TPSA) is 63.9 Å². The van der Waals surface area contributed by atoms with Gasteiger partial charge in [0.1, 0.15) is 0 Å². The third-order valence-electron chi connectivity index (χ3n) is 5.36. The van der Waals surface area contributed by atoms with Crippen molar-refractivity contribution in [3.05, 3.63) is 51.5 Å². The molecule has 0 aromatic carbocycles. The van der Waals surface area contributed by atoms with E-state index >= 15 is 0 Å². The maximum Gasteiger partial charge on any atom is 0.267 e. The van der Waals surface area contributed by atoms with Gasteiger partial charge in [-0.1, -0.05) is 0 Å². The summed E-state index contributed by atoms with van der Waals surface area (Å²) >= 11 is 0. The third-order valence-corrected chi connectivity index (χ3v) is 5.36. The average Bonchev–Trinajstić information content (AvgIpc) is 3.04. The van der Waals surface area contributed by atoms with Crippen molar-refractivity contribution < 1.29 is 0 Å². The zero-order valence-electron chi connectivity index (χ0n) is 14.8. The molecule has 3 heterocycles. The van der Waals surface area contributed by atoms with Crippen molar-refractivity contribution in [1.82, 2.24) is 24.6 Å². The maximum atomic E-state index is 12.4. The summed E-state index contributed by atoms with van der Waals surface area (Å²) in [6.45, 7) is 4.45. The Balaban J connectivity index is 1.49. The summed E-state index contributed by atoms with van der Waals surface area (Å²) in [5, 5.41) is 4.68. The van der Waals surface area contributed by atoms with Crippen LogP contribution in [0.25, 0.3) is 0 Å². The van der Waals surface area contributed by atoms with E-state index in [4.69, 9.17) is 0 Å². The Bertz CT molecular complexity index is 798. The van der Waals surface area contributed by atoms with Gasteiger partial charge in [0.05, 0.1) is 23.6 Å². The van der Waals surface area contributed by atoms with Gasteiger partial charge in [0.25, 0.3) is 5.56 Å². The maximum absolute atomic E-state index is 12.4. The van der Waals surface area contributed by atoms with Crippen molar-refractivity contribution >= 4 is 0 Å². The second-order valence-electron chi connectivity index (χ2n) is 7.26. The Morgan fingerprint density at radius 3 is 2.88 bits per heavy atom. The van der Waals surface area contributed by atoms with Crippen LogP contribution in [0.15, 0.2) is 23.3 Å². The number of aryl methyl sites for hydroxylation is 3. The van der Waals surface area contributed by atoms with E-state index in [-0.39, 0.29) is 5.56 Å². The normalized spacial score (nSPS) is 20.6. The SMILES string of the molecule is Cc1cnc(CN2CCCC2Cn2nc3c(cc2=O)CCCC3)cn1. The minimum absolute atomic E-state index is 0.0441. The first-order chi connectivity index (χ1) is 12.2. The Morgan fingerprint density at radius 1 is 1.16 bits per heavy atom.